The maximum atomic E-state index is 11.7. The third-order valence-electron chi connectivity index (χ3n) is 3.64. The molecule has 0 atom stereocenters. The number of hydrogen-bond donors (Lipinski definition) is 1. The molecule has 0 fully saturated rings. The van der Waals surface area contributed by atoms with Crippen LogP contribution in [0.5, 0.6) is 11.5 Å². The molecule has 0 radical (unpaired) electrons. The summed E-state index contributed by atoms with van der Waals surface area (Å²) in [6.07, 6.45) is 1.62. The van der Waals surface area contributed by atoms with Gasteiger partial charge in [0.2, 0.25) is 0 Å². The highest BCUT2D eigenvalue weighted by atomic mass is 16.5. The molecule has 0 saturated heterocycles. The van der Waals surface area contributed by atoms with Crippen molar-refractivity contribution in [2.75, 3.05) is 14.2 Å². The second-order valence-corrected chi connectivity index (χ2v) is 5.29. The maximum absolute atomic E-state index is 11.7. The molecule has 0 aliphatic heterocycles. The number of hydrogen-bond acceptors (Lipinski definition) is 3. The van der Waals surface area contributed by atoms with Crippen molar-refractivity contribution in [2.45, 2.75) is 13.8 Å². The third kappa shape index (κ3) is 3.72. The molecule has 0 bridgehead atoms. The molecule has 0 aromatic heterocycles. The molecule has 120 valence electrons. The number of carboxylic acid groups (broad SMARTS) is 1. The van der Waals surface area contributed by atoms with Gasteiger partial charge in [-0.2, -0.15) is 0 Å². The molecule has 23 heavy (non-hydrogen) atoms. The van der Waals surface area contributed by atoms with Crippen molar-refractivity contribution in [2.24, 2.45) is 0 Å². The van der Waals surface area contributed by atoms with E-state index in [-0.39, 0.29) is 5.57 Å². The molecule has 0 spiro atoms. The number of benzene rings is 2. The zero-order valence-electron chi connectivity index (χ0n) is 13.7. The van der Waals surface area contributed by atoms with E-state index in [0.717, 1.165) is 11.1 Å². The lowest BCUT2D eigenvalue weighted by molar-refractivity contribution is -0.130. The van der Waals surface area contributed by atoms with Crippen LogP contribution in [0.2, 0.25) is 0 Å². The Morgan fingerprint density at radius 1 is 1.04 bits per heavy atom. The highest BCUT2D eigenvalue weighted by Gasteiger charge is 2.14. The van der Waals surface area contributed by atoms with Crippen molar-refractivity contribution < 1.29 is 19.4 Å². The van der Waals surface area contributed by atoms with Crippen LogP contribution in [-0.4, -0.2) is 25.3 Å². The van der Waals surface area contributed by atoms with Crippen LogP contribution in [-0.2, 0) is 4.79 Å². The van der Waals surface area contributed by atoms with Gasteiger partial charge in [-0.3, -0.25) is 0 Å². The van der Waals surface area contributed by atoms with E-state index >= 15 is 0 Å². The van der Waals surface area contributed by atoms with Gasteiger partial charge in [0.1, 0.15) is 11.5 Å². The number of aliphatic carboxylic acids is 1. The van der Waals surface area contributed by atoms with E-state index < -0.39 is 5.97 Å². The molecule has 2 aromatic carbocycles. The summed E-state index contributed by atoms with van der Waals surface area (Å²) in [6, 6.07) is 11.0. The lowest BCUT2D eigenvalue weighted by atomic mass is 9.96. The molecule has 2 rings (SSSR count). The minimum Gasteiger partial charge on any atom is -0.497 e. The van der Waals surface area contributed by atoms with Crippen LogP contribution in [0.25, 0.3) is 11.6 Å². The predicted molar refractivity (Wildman–Crippen MR) is 91.0 cm³/mol. The van der Waals surface area contributed by atoms with Gasteiger partial charge in [0.25, 0.3) is 0 Å². The summed E-state index contributed by atoms with van der Waals surface area (Å²) in [5.41, 5.74) is 3.63. The van der Waals surface area contributed by atoms with Crippen molar-refractivity contribution in [1.82, 2.24) is 0 Å². The van der Waals surface area contributed by atoms with Crippen molar-refractivity contribution in [3.8, 4) is 11.5 Å². The van der Waals surface area contributed by atoms with Gasteiger partial charge < -0.3 is 14.6 Å². The standard InChI is InChI=1S/C19H20O4/c1-12-5-8-16(13(2)9-12)17(19(20)21)10-14-6-7-15(22-3)11-18(14)23-4/h5-11H,1-4H3,(H,20,21)/b17-10-. The van der Waals surface area contributed by atoms with E-state index in [9.17, 15) is 9.90 Å². The minimum atomic E-state index is -0.977. The molecule has 4 heteroatoms. The highest BCUT2D eigenvalue weighted by molar-refractivity contribution is 6.21. The van der Waals surface area contributed by atoms with Crippen LogP contribution >= 0.6 is 0 Å². The normalized spacial score (nSPS) is 11.2. The fourth-order valence-corrected chi connectivity index (χ4v) is 2.46. The van der Waals surface area contributed by atoms with Crippen molar-refractivity contribution >= 4 is 17.6 Å². The van der Waals surface area contributed by atoms with Crippen LogP contribution in [0, 0.1) is 13.8 Å². The fourth-order valence-electron chi connectivity index (χ4n) is 2.46. The zero-order valence-corrected chi connectivity index (χ0v) is 13.7. The monoisotopic (exact) mass is 312 g/mol. The summed E-state index contributed by atoms with van der Waals surface area (Å²) in [6.45, 7) is 3.89. The molecule has 2 aromatic rings. The van der Waals surface area contributed by atoms with Crippen molar-refractivity contribution in [3.05, 3.63) is 58.7 Å². The van der Waals surface area contributed by atoms with Gasteiger partial charge in [-0.05, 0) is 43.2 Å². The molecule has 0 saturated carbocycles. The summed E-state index contributed by atoms with van der Waals surface area (Å²) in [7, 11) is 3.12. The Balaban J connectivity index is 2.58. The third-order valence-corrected chi connectivity index (χ3v) is 3.64. The number of aryl methyl sites for hydroxylation is 2. The lowest BCUT2D eigenvalue weighted by Gasteiger charge is -2.11. The number of rotatable bonds is 5. The minimum absolute atomic E-state index is 0.228. The summed E-state index contributed by atoms with van der Waals surface area (Å²) in [4.78, 5) is 11.7. The first-order valence-corrected chi connectivity index (χ1v) is 7.21. The number of ether oxygens (including phenoxy) is 2. The van der Waals surface area contributed by atoms with Crippen LogP contribution in [0.4, 0.5) is 0 Å². The molecule has 0 heterocycles. The first-order valence-electron chi connectivity index (χ1n) is 7.21. The smallest absolute Gasteiger partial charge is 0.336 e. The topological polar surface area (TPSA) is 55.8 Å². The Hall–Kier alpha value is -2.75. The first kappa shape index (κ1) is 16.6. The Morgan fingerprint density at radius 3 is 2.35 bits per heavy atom. The second-order valence-electron chi connectivity index (χ2n) is 5.29. The first-order chi connectivity index (χ1) is 11.0. The summed E-state index contributed by atoms with van der Waals surface area (Å²) in [5.74, 6) is 0.241. The van der Waals surface area contributed by atoms with E-state index in [0.29, 0.717) is 22.6 Å². The zero-order chi connectivity index (χ0) is 17.0. The van der Waals surface area contributed by atoms with Crippen LogP contribution in [0.1, 0.15) is 22.3 Å². The predicted octanol–water partition coefficient (Wildman–Crippen LogP) is 3.95. The lowest BCUT2D eigenvalue weighted by Crippen LogP contribution is -2.02. The largest absolute Gasteiger partial charge is 0.497 e. The van der Waals surface area contributed by atoms with Gasteiger partial charge in [-0.15, -0.1) is 0 Å². The number of carbonyl (C=O) groups is 1. The average molecular weight is 312 g/mol. The highest BCUT2D eigenvalue weighted by Crippen LogP contribution is 2.30. The van der Waals surface area contributed by atoms with Crippen molar-refractivity contribution in [1.29, 1.82) is 0 Å². The maximum Gasteiger partial charge on any atom is 0.336 e. The number of carboxylic acids is 1. The Kier molecular flexibility index (Phi) is 5.06. The van der Waals surface area contributed by atoms with E-state index in [1.54, 1.807) is 38.5 Å². The van der Waals surface area contributed by atoms with Gasteiger partial charge in [-0.25, -0.2) is 4.79 Å². The Bertz CT molecular complexity index is 760. The van der Waals surface area contributed by atoms with Crippen LogP contribution in [0.3, 0.4) is 0 Å². The van der Waals surface area contributed by atoms with Crippen LogP contribution < -0.4 is 9.47 Å². The Morgan fingerprint density at radius 2 is 1.78 bits per heavy atom. The van der Waals surface area contributed by atoms with Gasteiger partial charge in [0, 0.05) is 11.6 Å². The quantitative estimate of drug-likeness (QED) is 0.671. The molecule has 0 unspecified atom stereocenters. The molecule has 0 aliphatic carbocycles. The van der Waals surface area contributed by atoms with Gasteiger partial charge in [0.15, 0.2) is 0 Å². The number of methoxy groups -OCH3 is 2. The van der Waals surface area contributed by atoms with E-state index in [2.05, 4.69) is 0 Å². The SMILES string of the molecule is COc1ccc(/C=C(\C(=O)O)c2ccc(C)cc2C)c(OC)c1. The summed E-state index contributed by atoms with van der Waals surface area (Å²) < 4.78 is 10.5. The van der Waals surface area contributed by atoms with Gasteiger partial charge in [0.05, 0.1) is 19.8 Å². The summed E-state index contributed by atoms with van der Waals surface area (Å²) in [5, 5.41) is 9.61. The molecular formula is C19H20O4. The van der Waals surface area contributed by atoms with E-state index in [1.807, 2.05) is 32.0 Å². The fraction of sp³-hybridized carbons (Fsp3) is 0.211. The summed E-state index contributed by atoms with van der Waals surface area (Å²) >= 11 is 0. The molecule has 4 nitrogen and oxygen atoms in total. The van der Waals surface area contributed by atoms with E-state index in [4.69, 9.17) is 9.47 Å². The van der Waals surface area contributed by atoms with Crippen molar-refractivity contribution in [3.63, 3.8) is 0 Å². The Labute approximate surface area is 136 Å². The van der Waals surface area contributed by atoms with Gasteiger partial charge in [-0.1, -0.05) is 23.8 Å². The van der Waals surface area contributed by atoms with Crippen LogP contribution in [0.15, 0.2) is 36.4 Å². The average Bonchev–Trinajstić information content (AvgIpc) is 2.53. The second kappa shape index (κ2) is 7.01. The molecule has 1 N–H and O–H groups in total. The van der Waals surface area contributed by atoms with Gasteiger partial charge >= 0.3 is 5.97 Å². The molecule has 0 aliphatic rings. The van der Waals surface area contributed by atoms with E-state index in [1.165, 1.54) is 0 Å². The molecule has 0 amide bonds. The molecular weight excluding hydrogens is 292 g/mol.